The number of phosphoric ester groups is 2. The smallest absolute Gasteiger partial charge is 0.463 e. The Morgan fingerprint density at radius 1 is 0.312 bits per heavy atom. The van der Waals surface area contributed by atoms with Crippen molar-refractivity contribution in [2.75, 3.05) is 39.6 Å². The second-order valence-electron chi connectivity index (χ2n) is 23.6. The molecule has 0 aliphatic rings. The molecule has 0 aromatic carbocycles. The molecule has 0 bridgehead atoms. The minimum Gasteiger partial charge on any atom is -0.463 e. The fraction of sp³-hybridized carbons (Fsp3) is 0.693. The summed E-state index contributed by atoms with van der Waals surface area (Å²) in [4.78, 5) is 58.4. The van der Waals surface area contributed by atoms with E-state index in [0.29, 0.717) is 19.3 Å². The monoisotopic (exact) mass is 1350 g/mol. The molecule has 5 unspecified atom stereocenters. The molecule has 18 heteroatoms. The number of aliphatic hydroxyl groups is 2. The van der Waals surface area contributed by atoms with Crippen molar-refractivity contribution in [2.45, 2.75) is 296 Å². The Morgan fingerprint density at radius 2 is 0.570 bits per heavy atom. The predicted octanol–water partition coefficient (Wildman–Crippen LogP) is 20.2. The van der Waals surface area contributed by atoms with E-state index in [-0.39, 0.29) is 19.3 Å². The number of carbonyl (C=O) groups is 3. The zero-order chi connectivity index (χ0) is 68.1. The van der Waals surface area contributed by atoms with Crippen LogP contribution in [0.3, 0.4) is 0 Å². The predicted molar refractivity (Wildman–Crippen MR) is 380 cm³/mol. The quantitative estimate of drug-likeness (QED) is 0.0146. The molecule has 93 heavy (non-hydrogen) atoms. The Balaban J connectivity index is 4.59. The number of ether oxygens (including phenoxy) is 3. The van der Waals surface area contributed by atoms with E-state index in [0.717, 1.165) is 167 Å². The van der Waals surface area contributed by atoms with E-state index in [1.54, 1.807) is 0 Å². The molecule has 0 aliphatic heterocycles. The van der Waals surface area contributed by atoms with Gasteiger partial charge in [-0.15, -0.1) is 0 Å². The maximum Gasteiger partial charge on any atom is 0.472 e. The second-order valence-corrected chi connectivity index (χ2v) is 26.5. The minimum atomic E-state index is -4.93. The molecule has 0 saturated heterocycles. The van der Waals surface area contributed by atoms with Gasteiger partial charge < -0.3 is 34.2 Å². The third-order valence-electron chi connectivity index (χ3n) is 14.7. The zero-order valence-corrected chi connectivity index (χ0v) is 59.7. The highest BCUT2D eigenvalue weighted by Crippen LogP contribution is 2.45. The largest absolute Gasteiger partial charge is 0.472 e. The summed E-state index contributed by atoms with van der Waals surface area (Å²) in [5.74, 6) is -1.60. The number of hydrogen-bond donors (Lipinski definition) is 4. The Morgan fingerprint density at radius 3 is 0.903 bits per heavy atom. The lowest BCUT2D eigenvalue weighted by molar-refractivity contribution is -0.161. The zero-order valence-electron chi connectivity index (χ0n) is 57.9. The van der Waals surface area contributed by atoms with E-state index in [1.165, 1.54) is 51.4 Å². The van der Waals surface area contributed by atoms with Crippen molar-refractivity contribution in [3.8, 4) is 0 Å². The van der Waals surface area contributed by atoms with Gasteiger partial charge >= 0.3 is 33.6 Å². The molecule has 0 fully saturated rings. The number of esters is 3. The van der Waals surface area contributed by atoms with E-state index < -0.39 is 91.5 Å². The third kappa shape index (κ3) is 69.1. The van der Waals surface area contributed by atoms with Crippen LogP contribution in [0.4, 0.5) is 0 Å². The summed E-state index contributed by atoms with van der Waals surface area (Å²) in [7, 11) is -9.79. The summed E-state index contributed by atoms with van der Waals surface area (Å²) in [5, 5.41) is 20.6. The van der Waals surface area contributed by atoms with Crippen molar-refractivity contribution in [1.29, 1.82) is 0 Å². The van der Waals surface area contributed by atoms with Crippen LogP contribution in [0.1, 0.15) is 278 Å². The van der Waals surface area contributed by atoms with Gasteiger partial charge in [-0.2, -0.15) is 0 Å². The van der Waals surface area contributed by atoms with E-state index >= 15 is 0 Å². The normalized spacial score (nSPS) is 14.9. The molecule has 0 aromatic rings. The van der Waals surface area contributed by atoms with Crippen LogP contribution in [-0.2, 0) is 55.8 Å². The number of allylic oxidation sites excluding steroid dienone is 20. The fourth-order valence-electron chi connectivity index (χ4n) is 9.27. The second kappa shape index (κ2) is 67.9. The van der Waals surface area contributed by atoms with Crippen LogP contribution in [0.2, 0.25) is 0 Å². The number of hydrogen-bond acceptors (Lipinski definition) is 14. The maximum atomic E-state index is 12.9. The molecule has 0 amide bonds. The van der Waals surface area contributed by atoms with Crippen LogP contribution < -0.4 is 0 Å². The molecule has 5 atom stereocenters. The molecule has 0 saturated carbocycles. The summed E-state index contributed by atoms with van der Waals surface area (Å²) in [6, 6.07) is 0. The van der Waals surface area contributed by atoms with E-state index in [2.05, 4.69) is 142 Å². The summed E-state index contributed by atoms with van der Waals surface area (Å²) in [6.45, 7) is 2.41. The topological polar surface area (TPSA) is 231 Å². The SMILES string of the molecule is CC/C=C\C/C=C\C/C=C\C/C=C\C/C=C\C/C=C\CCCCCCCCC(=O)OCC(O)COP(=O)(O)OCC(O)COP(=O)(O)OCC(COC(=O)CCCCCCCC/C=C\C/C=C\C/C=C\C/C=C\CC)OC(=O)CCCCCCCCCCCCCCC. The van der Waals surface area contributed by atoms with Gasteiger partial charge in [0.15, 0.2) is 6.10 Å². The van der Waals surface area contributed by atoms with Crippen molar-refractivity contribution in [1.82, 2.24) is 0 Å². The molecule has 16 nitrogen and oxygen atoms in total. The van der Waals surface area contributed by atoms with E-state index in [4.69, 9.17) is 32.3 Å². The fourth-order valence-corrected chi connectivity index (χ4v) is 10.9. The lowest BCUT2D eigenvalue weighted by Crippen LogP contribution is -2.30. The van der Waals surface area contributed by atoms with Crippen molar-refractivity contribution in [3.05, 3.63) is 122 Å². The number of aliphatic hydroxyl groups excluding tert-OH is 2. The highest BCUT2D eigenvalue weighted by atomic mass is 31.2. The Labute approximate surface area is 563 Å². The molecule has 0 aliphatic carbocycles. The highest BCUT2D eigenvalue weighted by Gasteiger charge is 2.29. The summed E-state index contributed by atoms with van der Waals surface area (Å²) in [5.41, 5.74) is 0. The van der Waals surface area contributed by atoms with Gasteiger partial charge in [-0.3, -0.25) is 32.5 Å². The average molecular weight is 1350 g/mol. The first kappa shape index (κ1) is 89.0. The highest BCUT2D eigenvalue weighted by molar-refractivity contribution is 7.47. The van der Waals surface area contributed by atoms with Gasteiger partial charge in [-0.05, 0) is 109 Å². The van der Waals surface area contributed by atoms with Crippen molar-refractivity contribution < 1.29 is 75.8 Å². The van der Waals surface area contributed by atoms with Crippen molar-refractivity contribution in [2.24, 2.45) is 0 Å². The Bertz CT molecular complexity index is 2180. The standard InChI is InChI=1S/C75H128O16P2/c1-4-7-10-13-16-19-22-25-27-29-31-32-33-34-35-36-38-40-41-44-46-49-52-55-58-61-73(78)85-64-70(76)65-87-92(81,82)88-66-71(77)67-89-93(83,84)90-69-72(91-75(80)63-60-57-54-51-48-43-24-21-18-15-12-9-6-3)68-86-74(79)62-59-56-53-50-47-45-42-39-37-30-28-26-23-20-17-14-11-8-5-2/h7-8,10-11,16-17,19-20,25-28,31-32,34-35,37-40,70-72,76-77H,4-6,9,12-15,18,21-24,29-30,33,36,41-69H2,1-3H3,(H,81,82)(H,83,84)/b10-7-,11-8-,19-16-,20-17-,27-25-,28-26-,32-31-,35-34-,39-37-,40-38-. The van der Waals surface area contributed by atoms with Crippen molar-refractivity contribution >= 4 is 33.6 Å². The van der Waals surface area contributed by atoms with Crippen LogP contribution in [0, 0.1) is 0 Å². The van der Waals surface area contributed by atoms with Crippen molar-refractivity contribution in [3.63, 3.8) is 0 Å². The maximum absolute atomic E-state index is 12.9. The van der Waals surface area contributed by atoms with Crippen LogP contribution in [0.5, 0.6) is 0 Å². The summed E-state index contributed by atoms with van der Waals surface area (Å²) < 4.78 is 60.9. The van der Waals surface area contributed by atoms with Gasteiger partial charge in [0.25, 0.3) is 0 Å². The van der Waals surface area contributed by atoms with Crippen LogP contribution in [0.25, 0.3) is 0 Å². The lowest BCUT2D eigenvalue weighted by Gasteiger charge is -2.21. The molecule has 0 spiro atoms. The van der Waals surface area contributed by atoms with Gasteiger partial charge in [0.2, 0.25) is 0 Å². The number of carbonyl (C=O) groups excluding carboxylic acids is 3. The molecule has 0 radical (unpaired) electrons. The number of unbranched alkanes of at least 4 members (excludes halogenated alkanes) is 24. The molecular formula is C75H128O16P2. The first-order valence-electron chi connectivity index (χ1n) is 35.8. The summed E-state index contributed by atoms with van der Waals surface area (Å²) >= 11 is 0. The van der Waals surface area contributed by atoms with Gasteiger partial charge in [-0.1, -0.05) is 271 Å². The third-order valence-corrected chi connectivity index (χ3v) is 16.6. The van der Waals surface area contributed by atoms with Gasteiger partial charge in [0, 0.05) is 19.3 Å². The summed E-state index contributed by atoms with van der Waals surface area (Å²) in [6.07, 6.45) is 78.1. The first-order chi connectivity index (χ1) is 45.2. The van der Waals surface area contributed by atoms with E-state index in [1.807, 2.05) is 0 Å². The van der Waals surface area contributed by atoms with Crippen LogP contribution in [0.15, 0.2) is 122 Å². The number of rotatable bonds is 67. The van der Waals surface area contributed by atoms with Gasteiger partial charge in [0.1, 0.15) is 25.4 Å². The molecular weight excluding hydrogens is 1220 g/mol. The van der Waals surface area contributed by atoms with Gasteiger partial charge in [0.05, 0.1) is 26.4 Å². The molecule has 0 heterocycles. The van der Waals surface area contributed by atoms with E-state index in [9.17, 15) is 43.5 Å². The van der Waals surface area contributed by atoms with Crippen LogP contribution >= 0.6 is 15.6 Å². The van der Waals surface area contributed by atoms with Crippen LogP contribution in [-0.4, -0.2) is 95.9 Å². The van der Waals surface area contributed by atoms with Gasteiger partial charge in [-0.25, -0.2) is 9.13 Å². The first-order valence-corrected chi connectivity index (χ1v) is 38.8. The molecule has 534 valence electrons. The molecule has 0 rings (SSSR count). The lowest BCUT2D eigenvalue weighted by atomic mass is 10.0. The Hall–Kier alpha value is -4.05. The molecule has 0 aromatic heterocycles. The number of phosphoric acid groups is 2. The molecule has 4 N–H and O–H groups in total. The average Bonchev–Trinajstić information content (AvgIpc) is 3.74. The Kier molecular flexibility index (Phi) is 65.0. The minimum absolute atomic E-state index is 0.102.